The van der Waals surface area contributed by atoms with Crippen molar-refractivity contribution >= 4 is 12.1 Å². The first-order chi connectivity index (χ1) is 9.19. The summed E-state index contributed by atoms with van der Waals surface area (Å²) in [6, 6.07) is 5.66. The monoisotopic (exact) mass is 280 g/mol. The zero-order valence-corrected chi connectivity index (χ0v) is 11.8. The Balaban J connectivity index is 2.54. The van der Waals surface area contributed by atoms with Crippen LogP contribution in [0.5, 0.6) is 0 Å². The summed E-state index contributed by atoms with van der Waals surface area (Å²) in [6.07, 6.45) is -0.496. The van der Waals surface area contributed by atoms with Gasteiger partial charge in [-0.1, -0.05) is 24.3 Å². The van der Waals surface area contributed by atoms with Gasteiger partial charge in [-0.3, -0.25) is 4.79 Å². The van der Waals surface area contributed by atoms with Crippen LogP contribution in [0.25, 0.3) is 0 Å². The van der Waals surface area contributed by atoms with Crippen LogP contribution in [0, 0.1) is 0 Å². The Morgan fingerprint density at radius 3 is 2.30 bits per heavy atom. The van der Waals surface area contributed by atoms with Crippen molar-refractivity contribution in [2.45, 2.75) is 39.0 Å². The topological polar surface area (TPSA) is 102 Å². The first-order valence-corrected chi connectivity index (χ1v) is 6.23. The third kappa shape index (κ3) is 5.27. The number of carbonyl (C=O) groups excluding carboxylic acids is 1. The number of nitrogens with two attached hydrogens (primary N) is 1. The van der Waals surface area contributed by atoms with Crippen molar-refractivity contribution in [1.82, 2.24) is 5.32 Å². The molecular formula is C14H20N2O4. The molecule has 0 aliphatic rings. The second-order valence-electron chi connectivity index (χ2n) is 5.41. The zero-order valence-electron chi connectivity index (χ0n) is 11.8. The average Bonchev–Trinajstić information content (AvgIpc) is 2.34. The Bertz CT molecular complexity index is 477. The largest absolute Gasteiger partial charge is 0.480 e. The first-order valence-electron chi connectivity index (χ1n) is 6.23. The quantitative estimate of drug-likeness (QED) is 0.780. The van der Waals surface area contributed by atoms with Crippen molar-refractivity contribution in [3.8, 4) is 0 Å². The molecule has 6 nitrogen and oxygen atoms in total. The summed E-state index contributed by atoms with van der Waals surface area (Å²) in [5.74, 6) is -1.08. The molecule has 1 atom stereocenters. The van der Waals surface area contributed by atoms with E-state index in [1.807, 2.05) is 0 Å². The normalized spacial score (nSPS) is 12.6. The van der Waals surface area contributed by atoms with Crippen molar-refractivity contribution in [1.29, 1.82) is 0 Å². The summed E-state index contributed by atoms with van der Waals surface area (Å²) in [4.78, 5) is 22.2. The standard InChI is InChI=1S/C14H20N2O4/c1-14(2,3)20-13(19)16-8-9-4-6-10(7-5-9)11(15)12(17)18/h4-7,11H,8,15H2,1-3H3,(H,16,19)(H,17,18)/t11-/m0/s1. The maximum absolute atomic E-state index is 11.5. The van der Waals surface area contributed by atoms with E-state index in [4.69, 9.17) is 15.6 Å². The van der Waals surface area contributed by atoms with Gasteiger partial charge in [-0.15, -0.1) is 0 Å². The van der Waals surface area contributed by atoms with Gasteiger partial charge >= 0.3 is 12.1 Å². The maximum Gasteiger partial charge on any atom is 0.407 e. The molecule has 6 heteroatoms. The van der Waals surface area contributed by atoms with Crippen LogP contribution in [-0.4, -0.2) is 22.8 Å². The van der Waals surface area contributed by atoms with Crippen LogP contribution in [0.3, 0.4) is 0 Å². The van der Waals surface area contributed by atoms with Gasteiger partial charge in [0, 0.05) is 6.54 Å². The predicted octanol–water partition coefficient (Wildman–Crippen LogP) is 1.80. The van der Waals surface area contributed by atoms with Gasteiger partial charge in [-0.25, -0.2) is 4.79 Å². The molecule has 1 amide bonds. The Morgan fingerprint density at radius 2 is 1.85 bits per heavy atom. The lowest BCUT2D eigenvalue weighted by Gasteiger charge is -2.19. The van der Waals surface area contributed by atoms with E-state index in [2.05, 4.69) is 5.32 Å². The maximum atomic E-state index is 11.5. The molecule has 110 valence electrons. The number of benzene rings is 1. The Morgan fingerprint density at radius 1 is 1.30 bits per heavy atom. The van der Waals surface area contributed by atoms with Gasteiger partial charge in [0.05, 0.1) is 0 Å². The van der Waals surface area contributed by atoms with Gasteiger partial charge in [-0.05, 0) is 31.9 Å². The molecule has 4 N–H and O–H groups in total. The van der Waals surface area contributed by atoms with Gasteiger partial charge < -0.3 is 20.9 Å². The van der Waals surface area contributed by atoms with Crippen molar-refractivity contribution in [2.75, 3.05) is 0 Å². The van der Waals surface area contributed by atoms with Crippen LogP contribution >= 0.6 is 0 Å². The smallest absolute Gasteiger partial charge is 0.407 e. The summed E-state index contributed by atoms with van der Waals surface area (Å²) in [7, 11) is 0. The second kappa shape index (κ2) is 6.38. The summed E-state index contributed by atoms with van der Waals surface area (Å²) in [5.41, 5.74) is 6.29. The number of hydrogen-bond acceptors (Lipinski definition) is 4. The van der Waals surface area contributed by atoms with E-state index in [0.29, 0.717) is 12.1 Å². The Labute approximate surface area is 117 Å². The highest BCUT2D eigenvalue weighted by Crippen LogP contribution is 2.12. The summed E-state index contributed by atoms with van der Waals surface area (Å²) in [5, 5.41) is 11.4. The number of carbonyl (C=O) groups is 2. The lowest BCUT2D eigenvalue weighted by Crippen LogP contribution is -2.32. The molecule has 1 aromatic rings. The zero-order chi connectivity index (χ0) is 15.3. The number of carboxylic acid groups (broad SMARTS) is 1. The molecule has 0 heterocycles. The average molecular weight is 280 g/mol. The molecule has 0 aromatic heterocycles. The number of ether oxygens (including phenoxy) is 1. The van der Waals surface area contributed by atoms with Gasteiger partial charge in [0.25, 0.3) is 0 Å². The van der Waals surface area contributed by atoms with E-state index in [-0.39, 0.29) is 0 Å². The van der Waals surface area contributed by atoms with E-state index in [1.165, 1.54) is 0 Å². The predicted molar refractivity (Wildman–Crippen MR) is 74.1 cm³/mol. The molecule has 1 rings (SSSR count). The van der Waals surface area contributed by atoms with Crippen molar-refractivity contribution in [2.24, 2.45) is 5.73 Å². The minimum Gasteiger partial charge on any atom is -0.480 e. The van der Waals surface area contributed by atoms with E-state index >= 15 is 0 Å². The van der Waals surface area contributed by atoms with Crippen LogP contribution in [0.1, 0.15) is 37.9 Å². The lowest BCUT2D eigenvalue weighted by atomic mass is 10.1. The molecular weight excluding hydrogens is 260 g/mol. The number of aliphatic carboxylic acids is 1. The van der Waals surface area contributed by atoms with Gasteiger partial charge in [0.2, 0.25) is 0 Å². The van der Waals surface area contributed by atoms with Crippen LogP contribution < -0.4 is 11.1 Å². The fraction of sp³-hybridized carbons (Fsp3) is 0.429. The SMILES string of the molecule is CC(C)(C)OC(=O)NCc1ccc([C@H](N)C(=O)O)cc1. The van der Waals surface area contributed by atoms with Gasteiger partial charge in [0.15, 0.2) is 0 Å². The summed E-state index contributed by atoms with van der Waals surface area (Å²) in [6.45, 7) is 5.66. The van der Waals surface area contributed by atoms with Crippen LogP contribution in [0.15, 0.2) is 24.3 Å². The molecule has 0 saturated heterocycles. The van der Waals surface area contributed by atoms with Gasteiger partial charge in [0.1, 0.15) is 11.6 Å². The molecule has 20 heavy (non-hydrogen) atoms. The van der Waals surface area contributed by atoms with E-state index < -0.39 is 23.7 Å². The molecule has 0 aliphatic carbocycles. The van der Waals surface area contributed by atoms with Crippen LogP contribution in [0.2, 0.25) is 0 Å². The number of nitrogens with one attached hydrogen (secondary N) is 1. The van der Waals surface area contributed by atoms with Crippen molar-refractivity contribution < 1.29 is 19.4 Å². The molecule has 1 aromatic carbocycles. The fourth-order valence-electron chi connectivity index (χ4n) is 1.47. The lowest BCUT2D eigenvalue weighted by molar-refractivity contribution is -0.138. The highest BCUT2D eigenvalue weighted by molar-refractivity contribution is 5.75. The van der Waals surface area contributed by atoms with E-state index in [9.17, 15) is 9.59 Å². The minimum atomic E-state index is -1.08. The molecule has 0 saturated carbocycles. The highest BCUT2D eigenvalue weighted by Gasteiger charge is 2.16. The highest BCUT2D eigenvalue weighted by atomic mass is 16.6. The molecule has 0 aliphatic heterocycles. The summed E-state index contributed by atoms with van der Waals surface area (Å²) >= 11 is 0. The molecule has 0 unspecified atom stereocenters. The number of rotatable bonds is 4. The molecule has 0 fully saturated rings. The van der Waals surface area contributed by atoms with Crippen molar-refractivity contribution in [3.63, 3.8) is 0 Å². The fourth-order valence-corrected chi connectivity index (χ4v) is 1.47. The van der Waals surface area contributed by atoms with Crippen LogP contribution in [0.4, 0.5) is 4.79 Å². The number of carboxylic acids is 1. The van der Waals surface area contributed by atoms with E-state index in [0.717, 1.165) is 5.56 Å². The molecule has 0 radical (unpaired) electrons. The first kappa shape index (κ1) is 16.0. The third-order valence-corrected chi connectivity index (χ3v) is 2.44. The second-order valence-corrected chi connectivity index (χ2v) is 5.41. The Hall–Kier alpha value is -2.08. The van der Waals surface area contributed by atoms with Gasteiger partial charge in [-0.2, -0.15) is 0 Å². The third-order valence-electron chi connectivity index (χ3n) is 2.44. The number of amides is 1. The molecule has 0 bridgehead atoms. The number of hydrogen-bond donors (Lipinski definition) is 3. The van der Waals surface area contributed by atoms with E-state index in [1.54, 1.807) is 45.0 Å². The minimum absolute atomic E-state index is 0.303. The molecule has 0 spiro atoms. The van der Waals surface area contributed by atoms with Crippen molar-refractivity contribution in [3.05, 3.63) is 35.4 Å². The Kier molecular flexibility index (Phi) is 5.10. The summed E-state index contributed by atoms with van der Waals surface area (Å²) < 4.78 is 5.11. The van der Waals surface area contributed by atoms with Crippen LogP contribution in [-0.2, 0) is 16.1 Å². The number of alkyl carbamates (subject to hydrolysis) is 1.